The van der Waals surface area contributed by atoms with Gasteiger partial charge in [0.15, 0.2) is 0 Å². The molecular formula is C17H19N3O. The van der Waals surface area contributed by atoms with Crippen molar-refractivity contribution in [3.63, 3.8) is 0 Å². The largest absolute Gasteiger partial charge is 0.397 e. The van der Waals surface area contributed by atoms with Crippen LogP contribution in [0.1, 0.15) is 16.7 Å². The number of hydrogen-bond donors (Lipinski definition) is 3. The summed E-state index contributed by atoms with van der Waals surface area (Å²) in [6.45, 7) is 0.587. The Morgan fingerprint density at radius 2 is 1.76 bits per heavy atom. The van der Waals surface area contributed by atoms with Crippen molar-refractivity contribution < 1.29 is 5.11 Å². The van der Waals surface area contributed by atoms with Crippen molar-refractivity contribution in [3.05, 3.63) is 65.2 Å². The molecule has 0 amide bonds. The molecule has 4 N–H and O–H groups in total. The zero-order valence-corrected chi connectivity index (χ0v) is 12.0. The summed E-state index contributed by atoms with van der Waals surface area (Å²) in [7, 11) is 1.87. The van der Waals surface area contributed by atoms with Crippen LogP contribution in [0.4, 0.5) is 5.69 Å². The van der Waals surface area contributed by atoms with Gasteiger partial charge >= 0.3 is 0 Å². The molecule has 21 heavy (non-hydrogen) atoms. The van der Waals surface area contributed by atoms with Crippen molar-refractivity contribution in [3.8, 4) is 0 Å². The number of aliphatic hydroxyl groups is 1. The van der Waals surface area contributed by atoms with Gasteiger partial charge in [0, 0.05) is 30.4 Å². The number of rotatable bonds is 2. The van der Waals surface area contributed by atoms with E-state index in [1.54, 1.807) is 0 Å². The fourth-order valence-corrected chi connectivity index (χ4v) is 2.85. The number of nitrogens with two attached hydrogens (primary N) is 1. The Kier molecular flexibility index (Phi) is 3.54. The summed E-state index contributed by atoms with van der Waals surface area (Å²) < 4.78 is 0. The number of para-hydroxylation sites is 1. The molecule has 0 saturated heterocycles. The summed E-state index contributed by atoms with van der Waals surface area (Å²) in [5.41, 5.74) is 12.1. The van der Waals surface area contributed by atoms with Gasteiger partial charge in [-0.1, -0.05) is 42.5 Å². The molecule has 0 aromatic heterocycles. The van der Waals surface area contributed by atoms with Crippen LogP contribution < -0.4 is 16.0 Å². The van der Waals surface area contributed by atoms with Gasteiger partial charge in [0.2, 0.25) is 0 Å². The fourth-order valence-electron chi connectivity index (χ4n) is 2.85. The molecule has 0 radical (unpaired) electrons. The molecule has 1 heterocycles. The van der Waals surface area contributed by atoms with E-state index in [2.05, 4.69) is 5.32 Å². The van der Waals surface area contributed by atoms with Crippen LogP contribution in [-0.4, -0.2) is 18.9 Å². The molecule has 0 aliphatic carbocycles. The van der Waals surface area contributed by atoms with Crippen molar-refractivity contribution in [2.75, 3.05) is 18.7 Å². The maximum absolute atomic E-state index is 9.76. The quantitative estimate of drug-likeness (QED) is 0.787. The SMILES string of the molecule is CN/C1=C(\N)c2ccccc2CN(CO)c2ccccc21. The maximum atomic E-state index is 9.76. The molecule has 3 rings (SSSR count). The van der Waals surface area contributed by atoms with Crippen LogP contribution in [-0.2, 0) is 6.54 Å². The van der Waals surface area contributed by atoms with E-state index in [0.29, 0.717) is 6.54 Å². The smallest absolute Gasteiger partial charge is 0.116 e. The Morgan fingerprint density at radius 1 is 1.10 bits per heavy atom. The van der Waals surface area contributed by atoms with Gasteiger partial charge in [-0.25, -0.2) is 0 Å². The first-order chi connectivity index (χ1) is 10.3. The summed E-state index contributed by atoms with van der Waals surface area (Å²) >= 11 is 0. The summed E-state index contributed by atoms with van der Waals surface area (Å²) in [5.74, 6) is 0. The summed E-state index contributed by atoms with van der Waals surface area (Å²) in [4.78, 5) is 1.94. The van der Waals surface area contributed by atoms with Crippen LogP contribution in [0.15, 0.2) is 48.5 Å². The van der Waals surface area contributed by atoms with Gasteiger partial charge in [-0.05, 0) is 11.6 Å². The second kappa shape index (κ2) is 5.50. The van der Waals surface area contributed by atoms with Gasteiger partial charge in [-0.3, -0.25) is 0 Å². The lowest BCUT2D eigenvalue weighted by Gasteiger charge is -2.30. The molecule has 0 bridgehead atoms. The highest BCUT2D eigenvalue weighted by atomic mass is 16.3. The normalized spacial score (nSPS) is 17.5. The molecule has 4 heteroatoms. The van der Waals surface area contributed by atoms with Crippen molar-refractivity contribution in [2.45, 2.75) is 6.54 Å². The number of hydrogen-bond acceptors (Lipinski definition) is 4. The number of nitrogens with one attached hydrogen (secondary N) is 1. The molecule has 0 fully saturated rings. The number of aliphatic hydroxyl groups excluding tert-OH is 1. The third-order valence-corrected chi connectivity index (χ3v) is 3.87. The van der Waals surface area contributed by atoms with Crippen LogP contribution in [0.3, 0.4) is 0 Å². The lowest BCUT2D eigenvalue weighted by molar-refractivity contribution is 0.289. The molecule has 4 nitrogen and oxygen atoms in total. The molecule has 0 unspecified atom stereocenters. The van der Waals surface area contributed by atoms with Gasteiger partial charge in [-0.15, -0.1) is 0 Å². The predicted octanol–water partition coefficient (Wildman–Crippen LogP) is 1.96. The first kappa shape index (κ1) is 13.5. The van der Waals surface area contributed by atoms with Crippen molar-refractivity contribution in [1.82, 2.24) is 5.32 Å². The zero-order chi connectivity index (χ0) is 14.8. The number of benzene rings is 2. The Bertz CT molecular complexity index is 694. The third-order valence-electron chi connectivity index (χ3n) is 3.87. The fraction of sp³-hybridized carbons (Fsp3) is 0.176. The van der Waals surface area contributed by atoms with Gasteiger partial charge in [-0.2, -0.15) is 0 Å². The van der Waals surface area contributed by atoms with E-state index >= 15 is 0 Å². The molecule has 1 aliphatic heterocycles. The number of anilines is 1. The summed E-state index contributed by atoms with van der Waals surface area (Å²) in [5, 5.41) is 13.0. The lowest BCUT2D eigenvalue weighted by atomic mass is 9.96. The molecule has 108 valence electrons. The van der Waals surface area contributed by atoms with Crippen molar-refractivity contribution in [2.24, 2.45) is 5.73 Å². The minimum Gasteiger partial charge on any atom is -0.397 e. The zero-order valence-electron chi connectivity index (χ0n) is 12.0. The van der Waals surface area contributed by atoms with E-state index < -0.39 is 0 Å². The Labute approximate surface area is 124 Å². The summed E-state index contributed by atoms with van der Waals surface area (Å²) in [6, 6.07) is 16.0. The highest BCUT2D eigenvalue weighted by Gasteiger charge is 2.21. The van der Waals surface area contributed by atoms with E-state index in [4.69, 9.17) is 5.73 Å². The summed E-state index contributed by atoms with van der Waals surface area (Å²) in [6.07, 6.45) is 0. The third kappa shape index (κ3) is 2.23. The number of fused-ring (bicyclic) bond motifs is 2. The molecule has 0 saturated carbocycles. The first-order valence-corrected chi connectivity index (χ1v) is 6.97. The highest BCUT2D eigenvalue weighted by Crippen LogP contribution is 2.33. The average Bonchev–Trinajstić information content (AvgIpc) is 2.53. The van der Waals surface area contributed by atoms with Gasteiger partial charge < -0.3 is 21.1 Å². The number of nitrogens with zero attached hydrogens (tertiary/aromatic N) is 1. The average molecular weight is 281 g/mol. The van der Waals surface area contributed by atoms with Gasteiger partial charge in [0.1, 0.15) is 6.73 Å². The van der Waals surface area contributed by atoms with Crippen LogP contribution in [0.5, 0.6) is 0 Å². The second-order valence-electron chi connectivity index (χ2n) is 5.05. The van der Waals surface area contributed by atoms with Crippen molar-refractivity contribution in [1.29, 1.82) is 0 Å². The Balaban J connectivity index is 2.32. The first-order valence-electron chi connectivity index (χ1n) is 6.97. The standard InChI is InChI=1S/C17H19N3O/c1-19-17-14-8-4-5-9-15(14)20(11-21)10-12-6-2-3-7-13(12)16(17)18/h2-9,19,21H,10-11,18H2,1H3/b17-16-. The lowest BCUT2D eigenvalue weighted by Crippen LogP contribution is -2.28. The molecule has 2 aromatic rings. The van der Waals surface area contributed by atoms with Crippen LogP contribution in [0, 0.1) is 0 Å². The van der Waals surface area contributed by atoms with Crippen molar-refractivity contribution >= 4 is 17.1 Å². The van der Waals surface area contributed by atoms with Gasteiger partial charge in [0.25, 0.3) is 0 Å². The van der Waals surface area contributed by atoms with Crippen LogP contribution in [0.25, 0.3) is 11.4 Å². The molecule has 1 aliphatic rings. The maximum Gasteiger partial charge on any atom is 0.116 e. The minimum absolute atomic E-state index is 0.0394. The molecular weight excluding hydrogens is 262 g/mol. The van der Waals surface area contributed by atoms with E-state index in [0.717, 1.165) is 33.8 Å². The predicted molar refractivity (Wildman–Crippen MR) is 86.2 cm³/mol. The van der Waals surface area contributed by atoms with E-state index in [-0.39, 0.29) is 6.73 Å². The highest BCUT2D eigenvalue weighted by molar-refractivity contribution is 5.93. The Hall–Kier alpha value is -2.46. The van der Waals surface area contributed by atoms with Crippen LogP contribution in [0.2, 0.25) is 0 Å². The minimum atomic E-state index is -0.0394. The Morgan fingerprint density at radius 3 is 2.48 bits per heavy atom. The van der Waals surface area contributed by atoms with E-state index in [1.165, 1.54) is 0 Å². The van der Waals surface area contributed by atoms with E-state index in [9.17, 15) is 5.11 Å². The topological polar surface area (TPSA) is 61.5 Å². The monoisotopic (exact) mass is 281 g/mol. The van der Waals surface area contributed by atoms with E-state index in [1.807, 2.05) is 60.5 Å². The van der Waals surface area contributed by atoms with Crippen LogP contribution >= 0.6 is 0 Å². The second-order valence-corrected chi connectivity index (χ2v) is 5.05. The molecule has 2 aromatic carbocycles. The molecule has 0 spiro atoms. The van der Waals surface area contributed by atoms with Gasteiger partial charge in [0.05, 0.1) is 11.4 Å². The molecule has 0 atom stereocenters.